The smallest absolute Gasteiger partial charge is 0.243 e. The summed E-state index contributed by atoms with van der Waals surface area (Å²) < 4.78 is 10.8. The molecule has 2 amide bonds. The first-order valence-corrected chi connectivity index (χ1v) is 5.89. The number of rotatable bonds is 6. The van der Waals surface area contributed by atoms with Gasteiger partial charge in [0.05, 0.1) is 19.1 Å². The van der Waals surface area contributed by atoms with E-state index in [1.165, 1.54) is 0 Å². The normalized spacial score (nSPS) is 22.0. The largest absolute Gasteiger partial charge is 0.352 e. The van der Waals surface area contributed by atoms with Crippen molar-refractivity contribution in [1.82, 2.24) is 10.2 Å². The highest BCUT2D eigenvalue weighted by molar-refractivity contribution is 6.00. The van der Waals surface area contributed by atoms with Crippen LogP contribution in [0.15, 0.2) is 0 Å². The van der Waals surface area contributed by atoms with Gasteiger partial charge in [0.2, 0.25) is 11.8 Å². The molecule has 6 heteroatoms. The van der Waals surface area contributed by atoms with Crippen LogP contribution in [0, 0.1) is 0 Å². The molecule has 1 aliphatic heterocycles. The monoisotopic (exact) mass is 244 g/mol. The zero-order valence-corrected chi connectivity index (χ0v) is 10.6. The summed E-state index contributed by atoms with van der Waals surface area (Å²) in [6.07, 6.45) is -0.397. The molecule has 17 heavy (non-hydrogen) atoms. The summed E-state index contributed by atoms with van der Waals surface area (Å²) in [5, 5.41) is 2.30. The highest BCUT2D eigenvalue weighted by Crippen LogP contribution is 2.08. The second-order valence-electron chi connectivity index (χ2n) is 3.86. The van der Waals surface area contributed by atoms with E-state index in [4.69, 9.17) is 9.47 Å². The first-order chi connectivity index (χ1) is 8.08. The van der Waals surface area contributed by atoms with Crippen LogP contribution in [-0.4, -0.2) is 55.3 Å². The maximum Gasteiger partial charge on any atom is 0.243 e. The van der Waals surface area contributed by atoms with Crippen LogP contribution in [0.25, 0.3) is 0 Å². The Morgan fingerprint density at radius 1 is 1.35 bits per heavy atom. The average molecular weight is 244 g/mol. The van der Waals surface area contributed by atoms with E-state index in [0.29, 0.717) is 19.8 Å². The van der Waals surface area contributed by atoms with E-state index in [9.17, 15) is 9.59 Å². The molecule has 0 spiro atoms. The van der Waals surface area contributed by atoms with Gasteiger partial charge in [-0.3, -0.25) is 19.8 Å². The maximum atomic E-state index is 11.5. The topological polar surface area (TPSA) is 67.9 Å². The number of piperazine rings is 1. The zero-order valence-electron chi connectivity index (χ0n) is 10.6. The number of imide groups is 1. The lowest BCUT2D eigenvalue weighted by Crippen LogP contribution is -2.58. The van der Waals surface area contributed by atoms with Crippen molar-refractivity contribution in [3.8, 4) is 0 Å². The van der Waals surface area contributed by atoms with E-state index >= 15 is 0 Å². The predicted molar refractivity (Wildman–Crippen MR) is 61.2 cm³/mol. The van der Waals surface area contributed by atoms with Gasteiger partial charge in [0.15, 0.2) is 6.29 Å². The lowest BCUT2D eigenvalue weighted by molar-refractivity contribution is -0.159. The Kier molecular flexibility index (Phi) is 5.54. The lowest BCUT2D eigenvalue weighted by Gasteiger charge is -2.33. The van der Waals surface area contributed by atoms with E-state index < -0.39 is 6.29 Å². The molecule has 1 atom stereocenters. The van der Waals surface area contributed by atoms with Gasteiger partial charge < -0.3 is 9.47 Å². The van der Waals surface area contributed by atoms with Crippen LogP contribution < -0.4 is 5.32 Å². The summed E-state index contributed by atoms with van der Waals surface area (Å²) >= 11 is 0. The molecule has 0 aliphatic carbocycles. The van der Waals surface area contributed by atoms with Gasteiger partial charge in [-0.15, -0.1) is 0 Å². The number of hydrogen-bond donors (Lipinski definition) is 1. The molecule has 0 aromatic rings. The van der Waals surface area contributed by atoms with Crippen LogP contribution in [0.3, 0.4) is 0 Å². The number of nitrogens with one attached hydrogen (secondary N) is 1. The van der Waals surface area contributed by atoms with Gasteiger partial charge in [-0.2, -0.15) is 0 Å². The second kappa shape index (κ2) is 6.68. The number of amides is 2. The van der Waals surface area contributed by atoms with Crippen molar-refractivity contribution in [1.29, 1.82) is 0 Å². The fraction of sp³-hybridized carbons (Fsp3) is 0.818. The first kappa shape index (κ1) is 14.1. The summed E-state index contributed by atoms with van der Waals surface area (Å²) in [5.74, 6) is -0.548. The molecule has 0 radical (unpaired) electrons. The van der Waals surface area contributed by atoms with E-state index in [-0.39, 0.29) is 24.4 Å². The van der Waals surface area contributed by atoms with Crippen molar-refractivity contribution in [2.45, 2.75) is 33.1 Å². The Labute approximate surface area is 101 Å². The van der Waals surface area contributed by atoms with Gasteiger partial charge in [0.25, 0.3) is 0 Å². The quantitative estimate of drug-likeness (QED) is 0.514. The second-order valence-corrected chi connectivity index (χ2v) is 3.86. The Hall–Kier alpha value is -0.980. The van der Waals surface area contributed by atoms with Crippen molar-refractivity contribution >= 4 is 11.8 Å². The van der Waals surface area contributed by atoms with Crippen LogP contribution in [0.1, 0.15) is 20.8 Å². The first-order valence-electron chi connectivity index (χ1n) is 5.89. The Morgan fingerprint density at radius 2 is 1.94 bits per heavy atom. The Bertz CT molecular complexity index is 277. The van der Waals surface area contributed by atoms with Crippen molar-refractivity contribution in [3.05, 3.63) is 0 Å². The number of ether oxygens (including phenoxy) is 2. The molecular formula is C11H20N2O4. The SMILES string of the molecule is CCOC(CN1CC(=O)NC(=O)C1C)OCC. The zero-order chi connectivity index (χ0) is 12.8. The lowest BCUT2D eigenvalue weighted by atomic mass is 10.2. The Morgan fingerprint density at radius 3 is 2.47 bits per heavy atom. The number of hydrogen-bond acceptors (Lipinski definition) is 5. The van der Waals surface area contributed by atoms with Crippen molar-refractivity contribution in [2.24, 2.45) is 0 Å². The fourth-order valence-corrected chi connectivity index (χ4v) is 1.71. The van der Waals surface area contributed by atoms with Gasteiger partial charge in [0, 0.05) is 13.2 Å². The molecule has 1 N–H and O–H groups in total. The van der Waals surface area contributed by atoms with Gasteiger partial charge >= 0.3 is 0 Å². The summed E-state index contributed by atoms with van der Waals surface area (Å²) in [4.78, 5) is 24.5. The van der Waals surface area contributed by atoms with E-state index in [1.807, 2.05) is 13.8 Å². The van der Waals surface area contributed by atoms with E-state index in [0.717, 1.165) is 0 Å². The highest BCUT2D eigenvalue weighted by Gasteiger charge is 2.31. The molecule has 0 saturated carbocycles. The Balaban J connectivity index is 2.57. The average Bonchev–Trinajstić information content (AvgIpc) is 2.26. The highest BCUT2D eigenvalue weighted by atomic mass is 16.7. The third kappa shape index (κ3) is 4.07. The number of carbonyl (C=O) groups excluding carboxylic acids is 2. The van der Waals surface area contributed by atoms with Crippen LogP contribution in [0.2, 0.25) is 0 Å². The summed E-state index contributed by atoms with van der Waals surface area (Å²) in [6.45, 7) is 7.20. The summed E-state index contributed by atoms with van der Waals surface area (Å²) in [5.41, 5.74) is 0. The minimum Gasteiger partial charge on any atom is -0.352 e. The third-order valence-electron chi connectivity index (χ3n) is 2.63. The fourth-order valence-electron chi connectivity index (χ4n) is 1.71. The van der Waals surface area contributed by atoms with Gasteiger partial charge in [-0.05, 0) is 20.8 Å². The van der Waals surface area contributed by atoms with Crippen LogP contribution in [0.4, 0.5) is 0 Å². The molecule has 1 aliphatic rings. The van der Waals surface area contributed by atoms with Crippen LogP contribution in [0.5, 0.6) is 0 Å². The standard InChI is InChI=1S/C11H20N2O4/c1-4-16-10(17-5-2)7-13-6-9(14)12-11(15)8(13)3/h8,10H,4-7H2,1-3H3,(H,12,14,15). The number of nitrogens with zero attached hydrogens (tertiary/aromatic N) is 1. The van der Waals surface area contributed by atoms with Gasteiger partial charge in [0.1, 0.15) is 0 Å². The molecule has 1 saturated heterocycles. The molecular weight excluding hydrogens is 224 g/mol. The van der Waals surface area contributed by atoms with Crippen LogP contribution >= 0.6 is 0 Å². The molecule has 1 unspecified atom stereocenters. The minimum atomic E-state index is -0.397. The van der Waals surface area contributed by atoms with Gasteiger partial charge in [-0.25, -0.2) is 0 Å². The van der Waals surface area contributed by atoms with Crippen LogP contribution in [-0.2, 0) is 19.1 Å². The van der Waals surface area contributed by atoms with E-state index in [1.54, 1.807) is 11.8 Å². The molecule has 6 nitrogen and oxygen atoms in total. The molecule has 1 fully saturated rings. The summed E-state index contributed by atoms with van der Waals surface area (Å²) in [6, 6.07) is -0.337. The minimum absolute atomic E-state index is 0.198. The molecule has 98 valence electrons. The van der Waals surface area contributed by atoms with E-state index in [2.05, 4.69) is 5.32 Å². The molecule has 1 rings (SSSR count). The molecule has 0 bridgehead atoms. The molecule has 0 aromatic heterocycles. The van der Waals surface area contributed by atoms with Crippen molar-refractivity contribution in [3.63, 3.8) is 0 Å². The van der Waals surface area contributed by atoms with Gasteiger partial charge in [-0.1, -0.05) is 0 Å². The number of carbonyl (C=O) groups is 2. The van der Waals surface area contributed by atoms with Crippen molar-refractivity contribution in [2.75, 3.05) is 26.3 Å². The summed E-state index contributed by atoms with van der Waals surface area (Å²) in [7, 11) is 0. The van der Waals surface area contributed by atoms with Crippen molar-refractivity contribution < 1.29 is 19.1 Å². The maximum absolute atomic E-state index is 11.5. The molecule has 0 aromatic carbocycles. The third-order valence-corrected chi connectivity index (χ3v) is 2.63. The molecule has 1 heterocycles. The predicted octanol–water partition coefficient (Wildman–Crippen LogP) is -0.268.